The first-order valence-corrected chi connectivity index (χ1v) is 8.55. The van der Waals surface area contributed by atoms with Crippen LogP contribution in [0.2, 0.25) is 0 Å². The van der Waals surface area contributed by atoms with Crippen LogP contribution in [0.1, 0.15) is 39.0 Å². The number of carboxylic acids is 4. The summed E-state index contributed by atoms with van der Waals surface area (Å²) in [5.41, 5.74) is -2.99. The van der Waals surface area contributed by atoms with Crippen molar-refractivity contribution in [1.82, 2.24) is 0 Å². The lowest BCUT2D eigenvalue weighted by molar-refractivity contribution is -0.276. The zero-order valence-corrected chi connectivity index (χ0v) is 13.8. The molecular formula is C17H22O8. The summed E-state index contributed by atoms with van der Waals surface area (Å²) in [4.78, 5) is 47.7. The first-order valence-electron chi connectivity index (χ1n) is 8.55. The summed E-state index contributed by atoms with van der Waals surface area (Å²) in [6.45, 7) is 1.57. The molecule has 3 aliphatic rings. The van der Waals surface area contributed by atoms with Gasteiger partial charge in [0.1, 0.15) is 0 Å². The summed E-state index contributed by atoms with van der Waals surface area (Å²) in [6, 6.07) is 0. The summed E-state index contributed by atoms with van der Waals surface area (Å²) in [5, 5.41) is 38.9. The SMILES string of the molecule is CC1C(C(=O)O)C(C(=O)O)CC2C1C1(C(=O)O)CCCCC21C(=O)O. The molecule has 138 valence electrons. The molecular weight excluding hydrogens is 332 g/mol. The molecule has 0 amide bonds. The number of aliphatic carboxylic acids is 4. The summed E-state index contributed by atoms with van der Waals surface area (Å²) in [5.74, 6) is -9.27. The lowest BCUT2D eigenvalue weighted by Gasteiger charge is -2.71. The van der Waals surface area contributed by atoms with Gasteiger partial charge in [-0.25, -0.2) is 0 Å². The highest BCUT2D eigenvalue weighted by atomic mass is 16.4. The van der Waals surface area contributed by atoms with Gasteiger partial charge in [0, 0.05) is 0 Å². The molecule has 25 heavy (non-hydrogen) atoms. The zero-order chi connectivity index (χ0) is 18.7. The van der Waals surface area contributed by atoms with E-state index in [4.69, 9.17) is 0 Å². The fourth-order valence-electron chi connectivity index (χ4n) is 6.51. The Morgan fingerprint density at radius 2 is 1.36 bits per heavy atom. The molecule has 0 aromatic rings. The summed E-state index contributed by atoms with van der Waals surface area (Å²) >= 11 is 0. The predicted molar refractivity (Wildman–Crippen MR) is 81.6 cm³/mol. The second-order valence-corrected chi connectivity index (χ2v) is 7.80. The molecule has 0 radical (unpaired) electrons. The van der Waals surface area contributed by atoms with Crippen LogP contribution in [0.3, 0.4) is 0 Å². The first kappa shape index (κ1) is 17.7. The van der Waals surface area contributed by atoms with Gasteiger partial charge >= 0.3 is 23.9 Å². The molecule has 0 aromatic heterocycles. The Morgan fingerprint density at radius 1 is 0.840 bits per heavy atom. The third-order valence-electron chi connectivity index (χ3n) is 7.26. The van der Waals surface area contributed by atoms with Crippen molar-refractivity contribution >= 4 is 23.9 Å². The van der Waals surface area contributed by atoms with Crippen molar-refractivity contribution in [3.63, 3.8) is 0 Å². The Hall–Kier alpha value is -2.12. The largest absolute Gasteiger partial charge is 0.481 e. The first-order chi connectivity index (χ1) is 11.6. The van der Waals surface area contributed by atoms with Crippen molar-refractivity contribution in [2.24, 2.45) is 40.4 Å². The lowest BCUT2D eigenvalue weighted by Crippen LogP contribution is -2.76. The van der Waals surface area contributed by atoms with Crippen LogP contribution in [0.5, 0.6) is 0 Å². The molecule has 8 heteroatoms. The average molecular weight is 354 g/mol. The minimum atomic E-state index is -1.50. The molecule has 0 aliphatic heterocycles. The highest BCUT2D eigenvalue weighted by Crippen LogP contribution is 2.76. The maximum Gasteiger partial charge on any atom is 0.311 e. The minimum absolute atomic E-state index is 0.0946. The molecule has 0 saturated heterocycles. The molecule has 0 aromatic carbocycles. The quantitative estimate of drug-likeness (QED) is 0.591. The van der Waals surface area contributed by atoms with E-state index in [0.717, 1.165) is 0 Å². The van der Waals surface area contributed by atoms with Crippen molar-refractivity contribution in [2.45, 2.75) is 39.0 Å². The van der Waals surface area contributed by atoms with E-state index in [1.807, 2.05) is 0 Å². The molecule has 0 bridgehead atoms. The van der Waals surface area contributed by atoms with Gasteiger partial charge in [0.25, 0.3) is 0 Å². The van der Waals surface area contributed by atoms with Gasteiger partial charge in [-0.05, 0) is 37.0 Å². The molecule has 0 heterocycles. The third-order valence-corrected chi connectivity index (χ3v) is 7.26. The van der Waals surface area contributed by atoms with E-state index in [9.17, 15) is 39.6 Å². The maximum atomic E-state index is 12.2. The topological polar surface area (TPSA) is 149 Å². The van der Waals surface area contributed by atoms with Crippen LogP contribution >= 0.6 is 0 Å². The summed E-state index contributed by atoms with van der Waals surface area (Å²) in [7, 11) is 0. The zero-order valence-electron chi connectivity index (χ0n) is 13.8. The molecule has 7 unspecified atom stereocenters. The Bertz CT molecular complexity index is 657. The predicted octanol–water partition coefficient (Wildman–Crippen LogP) is 1.39. The van der Waals surface area contributed by atoms with E-state index in [-0.39, 0.29) is 19.3 Å². The second-order valence-electron chi connectivity index (χ2n) is 7.80. The van der Waals surface area contributed by atoms with Gasteiger partial charge in [0.05, 0.1) is 22.7 Å². The average Bonchev–Trinajstić information content (AvgIpc) is 2.49. The molecule has 8 nitrogen and oxygen atoms in total. The molecule has 4 N–H and O–H groups in total. The van der Waals surface area contributed by atoms with E-state index < -0.39 is 64.3 Å². The van der Waals surface area contributed by atoms with Crippen LogP contribution in [0.4, 0.5) is 0 Å². The normalized spacial score (nSPS) is 45.4. The monoisotopic (exact) mass is 354 g/mol. The third kappa shape index (κ3) is 1.88. The molecule has 0 spiro atoms. The van der Waals surface area contributed by atoms with Crippen LogP contribution in [-0.2, 0) is 19.2 Å². The van der Waals surface area contributed by atoms with E-state index in [0.29, 0.717) is 12.8 Å². The van der Waals surface area contributed by atoms with Crippen molar-refractivity contribution < 1.29 is 39.6 Å². The van der Waals surface area contributed by atoms with Gasteiger partial charge < -0.3 is 20.4 Å². The molecule has 3 fully saturated rings. The lowest BCUT2D eigenvalue weighted by atomic mass is 9.29. The van der Waals surface area contributed by atoms with Crippen LogP contribution in [0, 0.1) is 40.4 Å². The number of carboxylic acid groups (broad SMARTS) is 4. The van der Waals surface area contributed by atoms with Crippen molar-refractivity contribution in [2.75, 3.05) is 0 Å². The fraction of sp³-hybridized carbons (Fsp3) is 0.765. The van der Waals surface area contributed by atoms with E-state index in [1.54, 1.807) is 6.92 Å². The number of carbonyl (C=O) groups is 4. The van der Waals surface area contributed by atoms with Gasteiger partial charge in [-0.15, -0.1) is 0 Å². The minimum Gasteiger partial charge on any atom is -0.481 e. The number of fused-ring (bicyclic) bond motifs is 4. The van der Waals surface area contributed by atoms with E-state index in [2.05, 4.69) is 0 Å². The van der Waals surface area contributed by atoms with E-state index in [1.165, 1.54) is 0 Å². The standard InChI is InChI=1S/C17H22O8/c1-7-10(13(20)21)8(12(18)19)6-9-11(7)17(15(24)25)5-3-2-4-16(9,17)14(22)23/h7-11H,2-6H2,1H3,(H,18,19)(H,20,21)(H,22,23)(H,24,25). The molecule has 3 saturated carbocycles. The summed E-state index contributed by atoms with van der Waals surface area (Å²) in [6.07, 6.45) is 1.47. The van der Waals surface area contributed by atoms with Crippen LogP contribution in [-0.4, -0.2) is 44.3 Å². The Morgan fingerprint density at radius 3 is 1.80 bits per heavy atom. The molecule has 3 aliphatic carbocycles. The van der Waals surface area contributed by atoms with Gasteiger partial charge in [0.2, 0.25) is 0 Å². The van der Waals surface area contributed by atoms with Crippen molar-refractivity contribution in [3.8, 4) is 0 Å². The number of rotatable bonds is 4. The number of hydrogen-bond donors (Lipinski definition) is 4. The van der Waals surface area contributed by atoms with Gasteiger partial charge in [-0.2, -0.15) is 0 Å². The fourth-order valence-corrected chi connectivity index (χ4v) is 6.51. The van der Waals surface area contributed by atoms with E-state index >= 15 is 0 Å². The Balaban J connectivity index is 2.15. The Kier molecular flexibility index (Phi) is 3.85. The van der Waals surface area contributed by atoms with Gasteiger partial charge in [-0.1, -0.05) is 19.8 Å². The second kappa shape index (κ2) is 5.44. The van der Waals surface area contributed by atoms with Crippen molar-refractivity contribution in [3.05, 3.63) is 0 Å². The smallest absolute Gasteiger partial charge is 0.311 e. The van der Waals surface area contributed by atoms with Crippen molar-refractivity contribution in [1.29, 1.82) is 0 Å². The van der Waals surface area contributed by atoms with Crippen LogP contribution in [0.25, 0.3) is 0 Å². The Labute approximate surface area is 143 Å². The highest BCUT2D eigenvalue weighted by Gasteiger charge is 2.81. The summed E-state index contributed by atoms with van der Waals surface area (Å²) < 4.78 is 0. The highest BCUT2D eigenvalue weighted by molar-refractivity contribution is 5.91. The van der Waals surface area contributed by atoms with Gasteiger partial charge in [0.15, 0.2) is 0 Å². The molecule has 3 rings (SSSR count). The van der Waals surface area contributed by atoms with Crippen LogP contribution in [0.15, 0.2) is 0 Å². The van der Waals surface area contributed by atoms with Crippen LogP contribution < -0.4 is 0 Å². The molecule has 7 atom stereocenters. The maximum absolute atomic E-state index is 12.2. The number of hydrogen-bond acceptors (Lipinski definition) is 4. The van der Waals surface area contributed by atoms with Gasteiger partial charge in [-0.3, -0.25) is 19.2 Å².